The van der Waals surface area contributed by atoms with Crippen LogP contribution in [0.15, 0.2) is 35.5 Å². The first-order valence-electron chi connectivity index (χ1n) is 9.60. The van der Waals surface area contributed by atoms with Gasteiger partial charge in [-0.2, -0.15) is 0 Å². The van der Waals surface area contributed by atoms with Crippen LogP contribution in [0.5, 0.6) is 5.75 Å². The van der Waals surface area contributed by atoms with E-state index in [0.717, 1.165) is 4.90 Å². The Labute approximate surface area is 170 Å². The molecule has 0 aromatic heterocycles. The summed E-state index contributed by atoms with van der Waals surface area (Å²) in [5.41, 5.74) is 1.55. The minimum atomic E-state index is -0.461. The van der Waals surface area contributed by atoms with Gasteiger partial charge in [0.25, 0.3) is 5.91 Å². The highest BCUT2D eigenvalue weighted by Crippen LogP contribution is 2.16. The van der Waals surface area contributed by atoms with Gasteiger partial charge in [-0.25, -0.2) is 9.59 Å². The number of likely N-dealkylation sites (N-methyl/N-ethyl adjacent to an activating group) is 1. The Hall–Kier alpha value is -3.07. The van der Waals surface area contributed by atoms with Crippen molar-refractivity contribution >= 4 is 23.6 Å². The number of rotatable bonds is 9. The van der Waals surface area contributed by atoms with Crippen LogP contribution in [0.2, 0.25) is 0 Å². The van der Waals surface area contributed by atoms with E-state index in [1.165, 1.54) is 0 Å². The Kier molecular flexibility index (Phi) is 8.02. The molecule has 1 aromatic rings. The van der Waals surface area contributed by atoms with E-state index in [4.69, 9.17) is 9.47 Å². The van der Waals surface area contributed by atoms with Gasteiger partial charge in [0, 0.05) is 5.69 Å². The van der Waals surface area contributed by atoms with Crippen LogP contribution in [-0.4, -0.2) is 57.8 Å². The molecule has 9 nitrogen and oxygen atoms in total. The number of ether oxygens (including phenoxy) is 2. The normalized spacial score (nSPS) is 17.1. The van der Waals surface area contributed by atoms with Crippen molar-refractivity contribution in [1.29, 1.82) is 0 Å². The van der Waals surface area contributed by atoms with Gasteiger partial charge < -0.3 is 30.3 Å². The van der Waals surface area contributed by atoms with Gasteiger partial charge in [-0.05, 0) is 37.6 Å². The molecule has 2 rings (SSSR count). The maximum atomic E-state index is 12.4. The second-order valence-electron chi connectivity index (χ2n) is 6.76. The highest BCUT2D eigenvalue weighted by molar-refractivity contribution is 5.95. The first-order valence-corrected chi connectivity index (χ1v) is 9.60. The number of quaternary nitrogens is 1. The van der Waals surface area contributed by atoms with Crippen molar-refractivity contribution in [3.63, 3.8) is 0 Å². The number of hydrogen-bond donors (Lipinski definition) is 4. The molecule has 9 heteroatoms. The Bertz CT molecular complexity index is 776. The second-order valence-corrected chi connectivity index (χ2v) is 6.76. The van der Waals surface area contributed by atoms with E-state index >= 15 is 0 Å². The van der Waals surface area contributed by atoms with E-state index in [1.807, 2.05) is 14.0 Å². The summed E-state index contributed by atoms with van der Waals surface area (Å²) in [4.78, 5) is 37.5. The van der Waals surface area contributed by atoms with Crippen molar-refractivity contribution in [2.24, 2.45) is 0 Å². The van der Waals surface area contributed by atoms with Gasteiger partial charge in [0.2, 0.25) is 0 Å². The molecule has 29 heavy (non-hydrogen) atoms. The monoisotopic (exact) mass is 405 g/mol. The van der Waals surface area contributed by atoms with Crippen LogP contribution in [0.4, 0.5) is 10.5 Å². The molecule has 1 aliphatic rings. The molecule has 0 spiro atoms. The van der Waals surface area contributed by atoms with Crippen LogP contribution in [0, 0.1) is 0 Å². The molecule has 0 fully saturated rings. The third-order valence-corrected chi connectivity index (χ3v) is 4.46. The number of nitrogens with one attached hydrogen (secondary N) is 4. The quantitative estimate of drug-likeness (QED) is 0.434. The molecule has 3 amide bonds. The molecule has 1 heterocycles. The number of anilines is 1. The summed E-state index contributed by atoms with van der Waals surface area (Å²) in [5, 5.41) is 8.25. The van der Waals surface area contributed by atoms with Gasteiger partial charge in [0.15, 0.2) is 6.54 Å². The summed E-state index contributed by atoms with van der Waals surface area (Å²) in [6.45, 7) is 4.31. The van der Waals surface area contributed by atoms with Crippen LogP contribution in [0.1, 0.15) is 20.3 Å². The minimum Gasteiger partial charge on any atom is -0.497 e. The van der Waals surface area contributed by atoms with E-state index in [1.54, 1.807) is 38.3 Å². The highest BCUT2D eigenvalue weighted by atomic mass is 16.5. The topological polar surface area (TPSA) is 110 Å². The molecule has 0 aliphatic carbocycles. The standard InChI is InChI=1S/C20H28N4O5/c1-5-15-18(19(26)29-6-2)16(23-20(27)22-15)11-24(3)12-17(25)21-13-7-9-14(28-4)10-8-13/h7-10,15H,5-6,11-12H2,1-4H3,(H,21,25)(H2,22,23,27)/p+1/t15-/m0/s1. The van der Waals surface area contributed by atoms with E-state index < -0.39 is 12.0 Å². The van der Waals surface area contributed by atoms with Gasteiger partial charge >= 0.3 is 12.0 Å². The van der Waals surface area contributed by atoms with Gasteiger partial charge in [0.1, 0.15) is 12.3 Å². The summed E-state index contributed by atoms with van der Waals surface area (Å²) >= 11 is 0. The third-order valence-electron chi connectivity index (χ3n) is 4.46. The van der Waals surface area contributed by atoms with E-state index in [-0.39, 0.29) is 25.1 Å². The number of methoxy groups -OCH3 is 1. The number of carbonyl (C=O) groups is 3. The SMILES string of the molecule is CCOC(=O)C1=C(C[NH+](C)CC(=O)Nc2ccc(OC)cc2)NC(=O)N[C@H]1CC. The Balaban J connectivity index is 2.06. The first-order chi connectivity index (χ1) is 13.9. The molecular weight excluding hydrogens is 376 g/mol. The van der Waals surface area contributed by atoms with Gasteiger partial charge in [0.05, 0.1) is 38.1 Å². The fourth-order valence-electron chi connectivity index (χ4n) is 3.12. The van der Waals surface area contributed by atoms with Gasteiger partial charge in [-0.3, -0.25) is 4.79 Å². The maximum absolute atomic E-state index is 12.4. The molecule has 1 aliphatic heterocycles. The lowest BCUT2D eigenvalue weighted by Gasteiger charge is -2.29. The minimum absolute atomic E-state index is 0.158. The Morgan fingerprint density at radius 1 is 1.21 bits per heavy atom. The summed E-state index contributed by atoms with van der Waals surface area (Å²) in [6, 6.07) is 6.25. The molecule has 0 bridgehead atoms. The Morgan fingerprint density at radius 3 is 2.48 bits per heavy atom. The smallest absolute Gasteiger partial charge is 0.338 e. The second kappa shape index (κ2) is 10.5. The predicted octanol–water partition coefficient (Wildman–Crippen LogP) is 0.0570. The molecule has 0 saturated heterocycles. The predicted molar refractivity (Wildman–Crippen MR) is 108 cm³/mol. The molecule has 0 radical (unpaired) electrons. The summed E-state index contributed by atoms with van der Waals surface area (Å²) in [5.74, 6) is 0.0619. The van der Waals surface area contributed by atoms with Crippen LogP contribution >= 0.6 is 0 Å². The van der Waals surface area contributed by atoms with Crippen molar-refractivity contribution in [1.82, 2.24) is 10.6 Å². The summed E-state index contributed by atoms with van der Waals surface area (Å²) in [7, 11) is 3.40. The summed E-state index contributed by atoms with van der Waals surface area (Å²) < 4.78 is 10.2. The number of esters is 1. The molecule has 1 aromatic carbocycles. The van der Waals surface area contributed by atoms with Gasteiger partial charge in [-0.1, -0.05) is 6.92 Å². The number of hydrogen-bond acceptors (Lipinski definition) is 5. The number of carbonyl (C=O) groups excluding carboxylic acids is 3. The number of benzene rings is 1. The van der Waals surface area contributed by atoms with Crippen LogP contribution < -0.4 is 25.6 Å². The van der Waals surface area contributed by atoms with Crippen molar-refractivity contribution in [3.8, 4) is 5.75 Å². The van der Waals surface area contributed by atoms with E-state index in [9.17, 15) is 14.4 Å². The average molecular weight is 405 g/mol. The lowest BCUT2D eigenvalue weighted by atomic mass is 10.00. The lowest BCUT2D eigenvalue weighted by molar-refractivity contribution is -0.866. The molecule has 2 atom stereocenters. The number of amides is 3. The van der Waals surface area contributed by atoms with Crippen LogP contribution in [0.3, 0.4) is 0 Å². The van der Waals surface area contributed by atoms with Crippen molar-refractivity contribution in [2.75, 3.05) is 39.2 Å². The van der Waals surface area contributed by atoms with Crippen molar-refractivity contribution < 1.29 is 28.8 Å². The van der Waals surface area contributed by atoms with Crippen molar-refractivity contribution in [2.45, 2.75) is 26.3 Å². The molecule has 1 unspecified atom stereocenters. The van der Waals surface area contributed by atoms with E-state index in [0.29, 0.717) is 35.7 Å². The first kappa shape index (κ1) is 22.2. The fraction of sp³-hybridized carbons (Fsp3) is 0.450. The summed E-state index contributed by atoms with van der Waals surface area (Å²) in [6.07, 6.45) is 0.558. The highest BCUT2D eigenvalue weighted by Gasteiger charge is 2.33. The zero-order valence-electron chi connectivity index (χ0n) is 17.3. The zero-order chi connectivity index (χ0) is 21.4. The lowest BCUT2D eigenvalue weighted by Crippen LogP contribution is -3.10. The third kappa shape index (κ3) is 6.21. The van der Waals surface area contributed by atoms with Gasteiger partial charge in [-0.15, -0.1) is 0 Å². The fourth-order valence-corrected chi connectivity index (χ4v) is 3.12. The molecule has 0 saturated carbocycles. The van der Waals surface area contributed by atoms with Crippen LogP contribution in [-0.2, 0) is 14.3 Å². The zero-order valence-corrected chi connectivity index (χ0v) is 17.3. The number of urea groups is 1. The maximum Gasteiger partial charge on any atom is 0.338 e. The van der Waals surface area contributed by atoms with Crippen molar-refractivity contribution in [3.05, 3.63) is 35.5 Å². The van der Waals surface area contributed by atoms with Crippen LogP contribution in [0.25, 0.3) is 0 Å². The largest absolute Gasteiger partial charge is 0.497 e. The Morgan fingerprint density at radius 2 is 1.90 bits per heavy atom. The molecule has 4 N–H and O–H groups in total. The van der Waals surface area contributed by atoms with E-state index in [2.05, 4.69) is 16.0 Å². The molecular formula is C20H29N4O5+. The average Bonchev–Trinajstić information content (AvgIpc) is 2.67. The molecule has 158 valence electrons.